The van der Waals surface area contributed by atoms with Gasteiger partial charge in [0.05, 0.1) is 0 Å². The molecule has 0 saturated heterocycles. The molecular weight excluding hydrogens is 312 g/mol. The fraction of sp³-hybridized carbons (Fsp3) is 0. The standard InChI is InChI=1S/C10H5O8.Cu/c11-7(12)3-1-2-4(8(13)14)6(10(17)18)5(3)9(15)16;/h1H,(H,11,12)(H,13,14)(H,15,16)(H,17,18);/q-1;+1. The second kappa shape index (κ2) is 5.98. The third-order valence-corrected chi connectivity index (χ3v) is 2.00. The van der Waals surface area contributed by atoms with Crippen molar-refractivity contribution < 1.29 is 56.7 Å². The summed E-state index contributed by atoms with van der Waals surface area (Å²) in [6, 6.07) is 2.55. The molecule has 0 aliphatic carbocycles. The fourth-order valence-electron chi connectivity index (χ4n) is 1.32. The van der Waals surface area contributed by atoms with E-state index in [1.54, 1.807) is 0 Å². The van der Waals surface area contributed by atoms with E-state index < -0.39 is 46.1 Å². The smallest absolute Gasteiger partial charge is 0.521 e. The summed E-state index contributed by atoms with van der Waals surface area (Å²) in [6.45, 7) is 0. The van der Waals surface area contributed by atoms with E-state index in [0.29, 0.717) is 6.07 Å². The van der Waals surface area contributed by atoms with E-state index in [1.807, 2.05) is 6.07 Å². The molecule has 0 fully saturated rings. The number of hydrogen-bond acceptors (Lipinski definition) is 4. The molecule has 0 unspecified atom stereocenters. The zero-order valence-electron chi connectivity index (χ0n) is 8.80. The first-order valence-corrected chi connectivity index (χ1v) is 4.29. The Kier molecular flexibility index (Phi) is 5.23. The Morgan fingerprint density at radius 3 is 1.58 bits per heavy atom. The van der Waals surface area contributed by atoms with E-state index in [-0.39, 0.29) is 17.1 Å². The van der Waals surface area contributed by atoms with E-state index in [0.717, 1.165) is 0 Å². The van der Waals surface area contributed by atoms with E-state index >= 15 is 0 Å². The molecule has 0 saturated carbocycles. The summed E-state index contributed by atoms with van der Waals surface area (Å²) in [6.07, 6.45) is 0. The number of rotatable bonds is 4. The summed E-state index contributed by atoms with van der Waals surface area (Å²) in [5, 5.41) is 35.1. The Morgan fingerprint density at radius 1 is 0.789 bits per heavy atom. The van der Waals surface area contributed by atoms with Crippen LogP contribution in [0.2, 0.25) is 0 Å². The fourth-order valence-corrected chi connectivity index (χ4v) is 1.32. The molecule has 1 rings (SSSR count). The van der Waals surface area contributed by atoms with Gasteiger partial charge in [-0.15, -0.1) is 12.1 Å². The Balaban J connectivity index is 0.00000324. The monoisotopic (exact) mass is 316 g/mol. The maximum absolute atomic E-state index is 10.9. The molecule has 4 N–H and O–H groups in total. The number of benzene rings is 1. The average Bonchev–Trinajstić information content (AvgIpc) is 2.26. The first-order valence-electron chi connectivity index (χ1n) is 4.29. The van der Waals surface area contributed by atoms with Crippen molar-refractivity contribution in [3.8, 4) is 0 Å². The maximum Gasteiger partial charge on any atom is 1.00 e. The summed E-state index contributed by atoms with van der Waals surface area (Å²) in [4.78, 5) is 43.3. The van der Waals surface area contributed by atoms with Crippen LogP contribution in [0.1, 0.15) is 41.4 Å². The quantitative estimate of drug-likeness (QED) is 0.457. The Hall–Kier alpha value is -2.38. The normalized spacial score (nSPS) is 9.26. The largest absolute Gasteiger partial charge is 1.00 e. The van der Waals surface area contributed by atoms with Gasteiger partial charge in [0.1, 0.15) is 0 Å². The molecular formula is C10H5CuO8. The average molecular weight is 317 g/mol. The van der Waals surface area contributed by atoms with Gasteiger partial charge in [-0.25, -0.2) is 4.79 Å². The van der Waals surface area contributed by atoms with Gasteiger partial charge in [0.25, 0.3) is 11.9 Å². The van der Waals surface area contributed by atoms with Crippen molar-refractivity contribution in [3.05, 3.63) is 34.4 Å². The molecule has 1 aromatic carbocycles. The number of aromatic carboxylic acids is 4. The van der Waals surface area contributed by atoms with Crippen molar-refractivity contribution in [1.82, 2.24) is 0 Å². The van der Waals surface area contributed by atoms with Gasteiger partial charge in [0.2, 0.25) is 5.97 Å². The maximum atomic E-state index is 10.9. The van der Waals surface area contributed by atoms with Gasteiger partial charge < -0.3 is 25.2 Å². The molecule has 19 heavy (non-hydrogen) atoms. The summed E-state index contributed by atoms with van der Waals surface area (Å²) < 4.78 is 0. The van der Waals surface area contributed by atoms with Crippen molar-refractivity contribution in [3.63, 3.8) is 0 Å². The van der Waals surface area contributed by atoms with Crippen LogP contribution >= 0.6 is 0 Å². The van der Waals surface area contributed by atoms with Crippen LogP contribution in [0.4, 0.5) is 0 Å². The van der Waals surface area contributed by atoms with Gasteiger partial charge in [-0.05, 0) is 11.1 Å². The molecule has 0 amide bonds. The van der Waals surface area contributed by atoms with Crippen LogP contribution < -0.4 is 0 Å². The molecule has 0 heterocycles. The summed E-state index contributed by atoms with van der Waals surface area (Å²) in [7, 11) is 0. The van der Waals surface area contributed by atoms with Gasteiger partial charge in [-0.2, -0.15) is 0 Å². The first-order chi connectivity index (χ1) is 8.27. The minimum absolute atomic E-state index is 0. The summed E-state index contributed by atoms with van der Waals surface area (Å²) >= 11 is 0. The van der Waals surface area contributed by atoms with Crippen molar-refractivity contribution in [2.45, 2.75) is 0 Å². The Morgan fingerprint density at radius 2 is 1.26 bits per heavy atom. The molecule has 0 radical (unpaired) electrons. The molecule has 0 atom stereocenters. The predicted octanol–water partition coefficient (Wildman–Crippen LogP) is 0.277. The molecule has 0 aliphatic rings. The first kappa shape index (κ1) is 16.6. The SMILES string of the molecule is O=C(O)c1[c-]cc(C(=O)O)c(C(=O)O)c1C(=O)O.[Cu+]. The van der Waals surface area contributed by atoms with E-state index in [9.17, 15) is 19.2 Å². The van der Waals surface area contributed by atoms with Gasteiger partial charge in [0.15, 0.2) is 0 Å². The van der Waals surface area contributed by atoms with E-state index in [4.69, 9.17) is 20.4 Å². The minimum Gasteiger partial charge on any atom is -0.521 e. The topological polar surface area (TPSA) is 149 Å². The van der Waals surface area contributed by atoms with E-state index in [1.165, 1.54) is 0 Å². The van der Waals surface area contributed by atoms with Crippen LogP contribution in [0.3, 0.4) is 0 Å². The third kappa shape index (κ3) is 3.09. The number of carboxylic acids is 4. The minimum atomic E-state index is -1.86. The van der Waals surface area contributed by atoms with Crippen LogP contribution in [0.25, 0.3) is 0 Å². The molecule has 9 heteroatoms. The number of hydrogen-bond donors (Lipinski definition) is 4. The summed E-state index contributed by atoms with van der Waals surface area (Å²) in [5.74, 6) is -7.11. The number of carbonyl (C=O) groups is 4. The van der Waals surface area contributed by atoms with Gasteiger partial charge >= 0.3 is 23.0 Å². The van der Waals surface area contributed by atoms with Gasteiger partial charge in [0, 0.05) is 5.56 Å². The molecule has 8 nitrogen and oxygen atoms in total. The molecule has 0 spiro atoms. The van der Waals surface area contributed by atoms with Crippen LogP contribution in [-0.4, -0.2) is 44.3 Å². The second-order valence-electron chi connectivity index (χ2n) is 3.05. The Bertz CT molecular complexity index is 526. The Labute approximate surface area is 115 Å². The van der Waals surface area contributed by atoms with Crippen LogP contribution in [-0.2, 0) is 17.1 Å². The van der Waals surface area contributed by atoms with Gasteiger partial charge in [-0.1, -0.05) is 5.56 Å². The summed E-state index contributed by atoms with van der Waals surface area (Å²) in [5.41, 5.74) is -3.96. The van der Waals surface area contributed by atoms with Crippen molar-refractivity contribution in [2.75, 3.05) is 0 Å². The molecule has 104 valence electrons. The van der Waals surface area contributed by atoms with Crippen LogP contribution in [0, 0.1) is 6.07 Å². The third-order valence-electron chi connectivity index (χ3n) is 2.00. The van der Waals surface area contributed by atoms with Crippen molar-refractivity contribution >= 4 is 23.9 Å². The molecule has 1 aromatic rings. The van der Waals surface area contributed by atoms with Crippen LogP contribution in [0.5, 0.6) is 0 Å². The van der Waals surface area contributed by atoms with E-state index in [2.05, 4.69) is 0 Å². The molecule has 0 aromatic heterocycles. The molecule has 0 bridgehead atoms. The zero-order chi connectivity index (χ0) is 14.0. The predicted molar refractivity (Wildman–Crippen MR) is 53.1 cm³/mol. The second-order valence-corrected chi connectivity index (χ2v) is 3.05. The molecule has 0 aliphatic heterocycles. The zero-order valence-corrected chi connectivity index (χ0v) is 9.74. The van der Waals surface area contributed by atoms with Crippen LogP contribution in [0.15, 0.2) is 6.07 Å². The number of carboxylic acid groups (broad SMARTS) is 4. The van der Waals surface area contributed by atoms with Crippen molar-refractivity contribution in [1.29, 1.82) is 0 Å². The van der Waals surface area contributed by atoms with Crippen molar-refractivity contribution in [2.24, 2.45) is 0 Å². The van der Waals surface area contributed by atoms with Gasteiger partial charge in [-0.3, -0.25) is 9.59 Å².